The van der Waals surface area contributed by atoms with Gasteiger partial charge in [-0.3, -0.25) is 4.79 Å². The van der Waals surface area contributed by atoms with Crippen LogP contribution in [0.2, 0.25) is 5.02 Å². The van der Waals surface area contributed by atoms with E-state index in [4.69, 9.17) is 21.1 Å². The number of methoxy groups -OCH3 is 2. The second-order valence-electron chi connectivity index (χ2n) is 11.1. The lowest BCUT2D eigenvalue weighted by Gasteiger charge is -2.39. The van der Waals surface area contributed by atoms with Crippen LogP contribution in [-0.4, -0.2) is 81.3 Å². The number of carbonyl (C=O) groups excluding carboxylic acids is 2. The number of amides is 1. The number of nitrogens with zero attached hydrogens (tertiary/aromatic N) is 2. The summed E-state index contributed by atoms with van der Waals surface area (Å²) in [5.41, 5.74) is 2.07. The lowest BCUT2D eigenvalue weighted by atomic mass is 9.82. The van der Waals surface area contributed by atoms with Crippen LogP contribution in [0.25, 0.3) is 0 Å². The minimum Gasteiger partial charge on any atom is -0.481 e. The summed E-state index contributed by atoms with van der Waals surface area (Å²) in [5, 5.41) is 6.44. The lowest BCUT2D eigenvalue weighted by Crippen LogP contribution is -2.58. The van der Waals surface area contributed by atoms with Crippen LogP contribution in [0.1, 0.15) is 41.5 Å². The molecule has 0 unspecified atom stereocenters. The van der Waals surface area contributed by atoms with Gasteiger partial charge in [-0.05, 0) is 60.2 Å². The van der Waals surface area contributed by atoms with Gasteiger partial charge in [-0.2, -0.15) is 4.31 Å². The summed E-state index contributed by atoms with van der Waals surface area (Å²) < 4.78 is 52.0. The monoisotopic (exact) mass is 660 g/mol. The molecule has 45 heavy (non-hydrogen) atoms. The average Bonchev–Trinajstić information content (AvgIpc) is 3.00. The van der Waals surface area contributed by atoms with E-state index >= 15 is 4.39 Å². The number of ether oxygens (including phenoxy) is 2. The smallest absolute Gasteiger partial charge is 0.407 e. The lowest BCUT2D eigenvalue weighted by molar-refractivity contribution is -0.120. The highest BCUT2D eigenvalue weighted by atomic mass is 35.5. The van der Waals surface area contributed by atoms with E-state index in [-0.39, 0.29) is 24.9 Å². The molecular formula is C32H38ClFN4O6S. The minimum atomic E-state index is -3.49. The summed E-state index contributed by atoms with van der Waals surface area (Å²) in [6.07, 6.45) is 2.29. The Bertz CT molecular complexity index is 1590. The molecule has 1 aliphatic rings. The van der Waals surface area contributed by atoms with E-state index in [1.165, 1.54) is 36.9 Å². The van der Waals surface area contributed by atoms with Gasteiger partial charge < -0.3 is 20.1 Å². The van der Waals surface area contributed by atoms with Crippen molar-refractivity contribution in [2.45, 2.75) is 50.2 Å². The van der Waals surface area contributed by atoms with Gasteiger partial charge in [-0.25, -0.2) is 22.6 Å². The van der Waals surface area contributed by atoms with E-state index in [1.807, 2.05) is 6.92 Å². The number of sulfonamides is 1. The van der Waals surface area contributed by atoms with Crippen LogP contribution in [0, 0.1) is 5.82 Å². The van der Waals surface area contributed by atoms with E-state index < -0.39 is 39.7 Å². The predicted octanol–water partition coefficient (Wildman–Crippen LogP) is 4.11. The van der Waals surface area contributed by atoms with E-state index in [9.17, 15) is 18.0 Å². The molecule has 1 amide bonds. The van der Waals surface area contributed by atoms with Crippen molar-refractivity contribution in [2.75, 3.05) is 33.6 Å². The van der Waals surface area contributed by atoms with Crippen LogP contribution in [0.15, 0.2) is 60.8 Å². The summed E-state index contributed by atoms with van der Waals surface area (Å²) >= 11 is 6.16. The van der Waals surface area contributed by atoms with E-state index in [2.05, 4.69) is 15.6 Å². The van der Waals surface area contributed by atoms with Crippen molar-refractivity contribution in [3.8, 4) is 5.88 Å². The molecule has 13 heteroatoms. The molecule has 1 saturated heterocycles. The molecule has 3 aromatic rings. The zero-order valence-corrected chi connectivity index (χ0v) is 27.2. The van der Waals surface area contributed by atoms with Crippen molar-refractivity contribution in [3.63, 3.8) is 0 Å². The number of nitrogens with one attached hydrogen (secondary N) is 2. The van der Waals surface area contributed by atoms with Crippen molar-refractivity contribution >= 4 is 33.5 Å². The highest BCUT2D eigenvalue weighted by Crippen LogP contribution is 2.32. The topological polar surface area (TPSA) is 127 Å². The summed E-state index contributed by atoms with van der Waals surface area (Å²) in [5.74, 6) is -1.22. The number of Topliss-reactive ketones (excluding diaryl/α,β-unsaturated/α-hetero) is 1. The van der Waals surface area contributed by atoms with Crippen LogP contribution in [-0.2, 0) is 32.4 Å². The molecule has 0 aliphatic carbocycles. The summed E-state index contributed by atoms with van der Waals surface area (Å²) in [6.45, 7) is 2.79. The molecule has 242 valence electrons. The van der Waals surface area contributed by atoms with Crippen LogP contribution in [0.3, 0.4) is 0 Å². The maximum atomic E-state index is 15.3. The highest BCUT2D eigenvalue weighted by Gasteiger charge is 2.36. The maximum absolute atomic E-state index is 15.3. The quantitative estimate of drug-likeness (QED) is 0.297. The Kier molecular flexibility index (Phi) is 11.5. The van der Waals surface area contributed by atoms with Crippen molar-refractivity contribution in [2.24, 2.45) is 0 Å². The summed E-state index contributed by atoms with van der Waals surface area (Å²) in [6, 6.07) is 13.1. The van der Waals surface area contributed by atoms with Crippen molar-refractivity contribution in [1.29, 1.82) is 0 Å². The Balaban J connectivity index is 1.68. The molecule has 2 aromatic carbocycles. The van der Waals surface area contributed by atoms with Crippen molar-refractivity contribution in [3.05, 3.63) is 93.9 Å². The number of hydrogen-bond donors (Lipinski definition) is 2. The molecule has 2 heterocycles. The second kappa shape index (κ2) is 15.1. The first-order valence-corrected chi connectivity index (χ1v) is 16.7. The van der Waals surface area contributed by atoms with Crippen LogP contribution >= 0.6 is 11.6 Å². The predicted molar refractivity (Wildman–Crippen MR) is 170 cm³/mol. The largest absolute Gasteiger partial charge is 0.481 e. The molecule has 2 N–H and O–H groups in total. The van der Waals surface area contributed by atoms with Crippen molar-refractivity contribution < 1.29 is 31.9 Å². The third-order valence-electron chi connectivity index (χ3n) is 8.00. The number of rotatable bonds is 12. The fourth-order valence-electron chi connectivity index (χ4n) is 5.96. The number of pyridine rings is 1. The average molecular weight is 661 g/mol. The van der Waals surface area contributed by atoms with Gasteiger partial charge >= 0.3 is 6.09 Å². The van der Waals surface area contributed by atoms with Crippen LogP contribution in [0.5, 0.6) is 5.88 Å². The van der Waals surface area contributed by atoms with Gasteiger partial charge in [0.25, 0.3) is 0 Å². The zero-order chi connectivity index (χ0) is 32.7. The number of alkyl carbamates (subject to hydrolysis) is 1. The van der Waals surface area contributed by atoms with Gasteiger partial charge in [0, 0.05) is 54.8 Å². The Labute approximate surface area is 268 Å². The normalized spacial score (nSPS) is 18.5. The van der Waals surface area contributed by atoms with Gasteiger partial charge in [0.2, 0.25) is 15.9 Å². The molecule has 4 rings (SSSR count). The maximum Gasteiger partial charge on any atom is 0.407 e. The molecule has 0 spiro atoms. The van der Waals surface area contributed by atoms with Crippen LogP contribution in [0.4, 0.5) is 9.18 Å². The molecule has 0 bridgehead atoms. The van der Waals surface area contributed by atoms with Gasteiger partial charge in [0.15, 0.2) is 5.78 Å². The number of carbonyl (C=O) groups is 2. The number of hydrogen-bond acceptors (Lipinski definition) is 8. The fourth-order valence-corrected chi connectivity index (χ4v) is 7.54. The van der Waals surface area contributed by atoms with Gasteiger partial charge in [0.05, 0.1) is 20.5 Å². The Hall–Kier alpha value is -3.58. The van der Waals surface area contributed by atoms with Gasteiger partial charge in [-0.1, -0.05) is 41.9 Å². The molecule has 10 nitrogen and oxygen atoms in total. The molecule has 0 radical (unpaired) electrons. The van der Waals surface area contributed by atoms with Crippen LogP contribution < -0.4 is 15.4 Å². The zero-order valence-electron chi connectivity index (χ0n) is 25.6. The first-order valence-electron chi connectivity index (χ1n) is 14.5. The minimum absolute atomic E-state index is 0.204. The SMILES string of the molecule is COC(=O)N[C@H](C(=O)Cc1cccc(F)c1CC[C@H]1CNC[C@H](C)N1S(C)(=O)=O)[C@@H](c1ccc(Cl)cc1)c1ccc(OC)nc1. The molecule has 1 aliphatic heterocycles. The number of halogens is 2. The molecule has 1 aromatic heterocycles. The van der Waals surface area contributed by atoms with E-state index in [0.717, 1.165) is 0 Å². The molecule has 4 atom stereocenters. The number of benzene rings is 2. The second-order valence-corrected chi connectivity index (χ2v) is 13.4. The highest BCUT2D eigenvalue weighted by molar-refractivity contribution is 7.88. The Morgan fingerprint density at radius 3 is 2.44 bits per heavy atom. The standard InChI is InChI=1S/C32H38ClFN4O6S/c1-20-17-35-19-25(38(20)45(4,41)42)13-14-26-22(6-5-7-27(26)34)16-28(39)31(37-32(40)44-3)30(21-8-11-24(33)12-9-21)23-10-15-29(43-2)36-18-23/h5-12,15,18,20,25,30-31,35H,13-14,16-17,19H2,1-4H3,(H,37,40)/t20-,25-,30-,31+/m0/s1. The Morgan fingerprint density at radius 1 is 1.11 bits per heavy atom. The Morgan fingerprint density at radius 2 is 1.82 bits per heavy atom. The van der Waals surface area contributed by atoms with E-state index in [0.29, 0.717) is 52.7 Å². The summed E-state index contributed by atoms with van der Waals surface area (Å²) in [4.78, 5) is 31.1. The molecular weight excluding hydrogens is 623 g/mol. The van der Waals surface area contributed by atoms with Crippen molar-refractivity contribution in [1.82, 2.24) is 19.9 Å². The number of aromatic nitrogens is 1. The van der Waals surface area contributed by atoms with Gasteiger partial charge in [0.1, 0.15) is 11.9 Å². The molecule has 1 fully saturated rings. The van der Waals surface area contributed by atoms with Gasteiger partial charge in [-0.15, -0.1) is 0 Å². The number of ketones is 1. The third-order valence-corrected chi connectivity index (χ3v) is 9.68. The third kappa shape index (κ3) is 8.57. The first-order chi connectivity index (χ1) is 21.4. The number of piperazine rings is 1. The molecule has 0 saturated carbocycles. The summed E-state index contributed by atoms with van der Waals surface area (Å²) in [7, 11) is -0.797. The fraction of sp³-hybridized carbons (Fsp3) is 0.406. The first kappa shape index (κ1) is 34.3. The van der Waals surface area contributed by atoms with E-state index in [1.54, 1.807) is 48.7 Å².